The lowest BCUT2D eigenvalue weighted by Crippen LogP contribution is -2.64. The van der Waals surface area contributed by atoms with Gasteiger partial charge in [-0.15, -0.1) is 11.8 Å². The average molecular weight is 359 g/mol. The third-order valence-corrected chi connectivity index (χ3v) is 5.87. The van der Waals surface area contributed by atoms with Gasteiger partial charge in [0.25, 0.3) is 5.91 Å². The minimum atomic E-state index is -0.387. The number of nitrogens with zero attached hydrogens (tertiary/aromatic N) is 1. The van der Waals surface area contributed by atoms with Crippen LogP contribution in [0.2, 0.25) is 0 Å². The molecule has 7 heteroatoms. The Morgan fingerprint density at radius 3 is 2.88 bits per heavy atom. The first-order valence-corrected chi connectivity index (χ1v) is 8.96. The number of methoxy groups -OCH3 is 1. The van der Waals surface area contributed by atoms with Gasteiger partial charge in [-0.3, -0.25) is 9.69 Å². The number of thioether (sulfide) groups is 1. The molecule has 1 amide bonds. The summed E-state index contributed by atoms with van der Waals surface area (Å²) < 4.78 is 16.3. The number of rotatable bonds is 4. The normalized spacial score (nSPS) is 22.8. The van der Waals surface area contributed by atoms with E-state index in [1.54, 1.807) is 35.9 Å². The number of allylic oxidation sites excluding steroid dienone is 1. The number of benzene rings is 1. The Morgan fingerprint density at radius 2 is 2.08 bits per heavy atom. The van der Waals surface area contributed by atoms with Crippen molar-refractivity contribution in [1.82, 2.24) is 4.90 Å². The van der Waals surface area contributed by atoms with E-state index in [9.17, 15) is 9.59 Å². The Labute approximate surface area is 148 Å². The maximum Gasteiger partial charge on any atom is 0.336 e. The molecule has 0 N–H and O–H groups in total. The summed E-state index contributed by atoms with van der Waals surface area (Å²) >= 11 is 1.68. The number of fused-ring (bicyclic) bond motifs is 2. The number of hydrogen-bond acceptors (Lipinski definition) is 6. The quantitative estimate of drug-likeness (QED) is 0.617. The molecule has 0 spiro atoms. The topological polar surface area (TPSA) is 69.0 Å². The highest BCUT2D eigenvalue weighted by atomic mass is 32.2. The first-order chi connectivity index (χ1) is 12.1. The molecule has 4 rings (SSSR count). The average Bonchev–Trinajstić information content (AvgIpc) is 2.60. The Kier molecular flexibility index (Phi) is 4.05. The largest absolute Gasteiger partial charge is 0.489 e. The Hall–Kier alpha value is -2.25. The van der Waals surface area contributed by atoms with Crippen molar-refractivity contribution in [1.29, 1.82) is 0 Å². The van der Waals surface area contributed by atoms with Crippen LogP contribution in [-0.4, -0.2) is 41.8 Å². The smallest absolute Gasteiger partial charge is 0.336 e. The molecule has 2 aliphatic rings. The predicted molar refractivity (Wildman–Crippen MR) is 94.6 cm³/mol. The van der Waals surface area contributed by atoms with Crippen molar-refractivity contribution in [2.45, 2.75) is 18.4 Å². The molecule has 1 aromatic heterocycles. The Balaban J connectivity index is 1.51. The molecule has 6 nitrogen and oxygen atoms in total. The summed E-state index contributed by atoms with van der Waals surface area (Å²) in [5.74, 6) is 1.42. The standard InChI is InChI=1S/C18H17NO5S/c1-10-12(9-25-18-16(22-2)17(21)19(10)18)8-23-13-5-3-11-4-6-15(20)24-14(11)7-13/h3-7,16,18H,8-9H2,1-2H3/t16-,18+/m0/s1. The first-order valence-electron chi connectivity index (χ1n) is 7.91. The Morgan fingerprint density at radius 1 is 1.28 bits per heavy atom. The van der Waals surface area contributed by atoms with E-state index < -0.39 is 0 Å². The van der Waals surface area contributed by atoms with E-state index in [1.807, 2.05) is 19.1 Å². The zero-order valence-electron chi connectivity index (χ0n) is 13.9. The van der Waals surface area contributed by atoms with Gasteiger partial charge in [0, 0.05) is 36.1 Å². The molecule has 2 aliphatic heterocycles. The van der Waals surface area contributed by atoms with E-state index in [4.69, 9.17) is 13.9 Å². The monoisotopic (exact) mass is 359 g/mol. The number of amides is 1. The van der Waals surface area contributed by atoms with E-state index in [-0.39, 0.29) is 23.0 Å². The van der Waals surface area contributed by atoms with E-state index in [1.165, 1.54) is 6.07 Å². The molecule has 0 radical (unpaired) electrons. The number of carbonyl (C=O) groups is 1. The fourth-order valence-electron chi connectivity index (χ4n) is 3.08. The van der Waals surface area contributed by atoms with Crippen molar-refractivity contribution in [3.8, 4) is 5.75 Å². The number of β-lactam (4-membered cyclic amide) rings is 1. The molecule has 1 fully saturated rings. The maximum atomic E-state index is 12.1. The second kappa shape index (κ2) is 6.24. The van der Waals surface area contributed by atoms with Gasteiger partial charge in [-0.05, 0) is 30.7 Å². The number of ether oxygens (including phenoxy) is 2. The van der Waals surface area contributed by atoms with Crippen LogP contribution >= 0.6 is 11.8 Å². The molecule has 0 unspecified atom stereocenters. The van der Waals surface area contributed by atoms with Crippen LogP contribution in [0.4, 0.5) is 0 Å². The van der Waals surface area contributed by atoms with E-state index in [0.29, 0.717) is 17.9 Å². The van der Waals surface area contributed by atoms with Gasteiger partial charge < -0.3 is 13.9 Å². The first kappa shape index (κ1) is 16.2. The fraction of sp³-hybridized carbons (Fsp3) is 0.333. The van der Waals surface area contributed by atoms with Crippen molar-refractivity contribution < 1.29 is 18.7 Å². The van der Waals surface area contributed by atoms with Gasteiger partial charge in [0.05, 0.1) is 0 Å². The predicted octanol–water partition coefficient (Wildman–Crippen LogP) is 2.38. The van der Waals surface area contributed by atoms with Crippen LogP contribution in [-0.2, 0) is 9.53 Å². The highest BCUT2D eigenvalue weighted by Gasteiger charge is 2.51. The molecule has 1 saturated heterocycles. The van der Waals surface area contributed by atoms with Crippen molar-refractivity contribution in [2.24, 2.45) is 0 Å². The van der Waals surface area contributed by atoms with Crippen LogP contribution in [0, 0.1) is 0 Å². The highest BCUT2D eigenvalue weighted by molar-refractivity contribution is 8.00. The van der Waals surface area contributed by atoms with Crippen LogP contribution in [0.3, 0.4) is 0 Å². The van der Waals surface area contributed by atoms with Crippen LogP contribution in [0.5, 0.6) is 5.75 Å². The van der Waals surface area contributed by atoms with Crippen LogP contribution in [0.15, 0.2) is 50.8 Å². The lowest BCUT2D eigenvalue weighted by atomic mass is 10.1. The number of hydrogen-bond donors (Lipinski definition) is 0. The van der Waals surface area contributed by atoms with E-state index in [0.717, 1.165) is 22.4 Å². The zero-order valence-corrected chi connectivity index (χ0v) is 14.7. The van der Waals surface area contributed by atoms with Gasteiger partial charge in [-0.25, -0.2) is 4.79 Å². The molecule has 25 heavy (non-hydrogen) atoms. The zero-order chi connectivity index (χ0) is 17.6. The highest BCUT2D eigenvalue weighted by Crippen LogP contribution is 2.41. The summed E-state index contributed by atoms with van der Waals surface area (Å²) in [6, 6.07) is 8.51. The van der Waals surface area contributed by atoms with Gasteiger partial charge in [0.15, 0.2) is 6.10 Å². The molecule has 2 aromatic rings. The third-order valence-electron chi connectivity index (χ3n) is 4.56. The molecular formula is C18H17NO5S. The van der Waals surface area contributed by atoms with Gasteiger partial charge in [0.1, 0.15) is 23.3 Å². The summed E-state index contributed by atoms with van der Waals surface area (Å²) in [5.41, 5.74) is 2.12. The molecule has 1 aromatic carbocycles. The van der Waals surface area contributed by atoms with Gasteiger partial charge in [0.2, 0.25) is 0 Å². The molecule has 0 aliphatic carbocycles. The summed E-state index contributed by atoms with van der Waals surface area (Å²) in [6.07, 6.45) is -0.342. The van der Waals surface area contributed by atoms with Crippen molar-refractivity contribution >= 4 is 28.6 Å². The van der Waals surface area contributed by atoms with Gasteiger partial charge >= 0.3 is 5.63 Å². The van der Waals surface area contributed by atoms with Crippen molar-refractivity contribution in [3.05, 3.63) is 52.0 Å². The van der Waals surface area contributed by atoms with E-state index >= 15 is 0 Å². The molecule has 0 bridgehead atoms. The minimum Gasteiger partial charge on any atom is -0.489 e. The van der Waals surface area contributed by atoms with Crippen LogP contribution in [0.1, 0.15) is 6.92 Å². The molecule has 2 atom stereocenters. The molecule has 130 valence electrons. The van der Waals surface area contributed by atoms with Crippen LogP contribution < -0.4 is 10.4 Å². The van der Waals surface area contributed by atoms with Gasteiger partial charge in [-0.2, -0.15) is 0 Å². The molecular weight excluding hydrogens is 342 g/mol. The van der Waals surface area contributed by atoms with Crippen molar-refractivity contribution in [2.75, 3.05) is 19.5 Å². The summed E-state index contributed by atoms with van der Waals surface area (Å²) in [4.78, 5) is 25.2. The van der Waals surface area contributed by atoms with Crippen molar-refractivity contribution in [3.63, 3.8) is 0 Å². The van der Waals surface area contributed by atoms with Gasteiger partial charge in [-0.1, -0.05) is 0 Å². The minimum absolute atomic E-state index is 0.00202. The lowest BCUT2D eigenvalue weighted by Gasteiger charge is -2.49. The third kappa shape index (κ3) is 2.73. The fourth-order valence-corrected chi connectivity index (χ4v) is 4.56. The number of carbonyl (C=O) groups excluding carboxylic acids is 1. The van der Waals surface area contributed by atoms with Crippen LogP contribution in [0.25, 0.3) is 11.0 Å². The SMILES string of the molecule is CO[C@H]1C(=O)N2C(C)=C(COc3ccc4ccc(=O)oc4c3)CS[C@H]12. The second-order valence-corrected chi connectivity index (χ2v) is 7.10. The Bertz CT molecular complexity index is 934. The second-order valence-electron chi connectivity index (χ2n) is 6.00. The summed E-state index contributed by atoms with van der Waals surface area (Å²) in [5, 5.41) is 0.909. The molecule has 3 heterocycles. The molecule has 0 saturated carbocycles. The summed E-state index contributed by atoms with van der Waals surface area (Å²) in [7, 11) is 1.57. The van der Waals surface area contributed by atoms with E-state index in [2.05, 4.69) is 0 Å². The maximum absolute atomic E-state index is 12.1. The lowest BCUT2D eigenvalue weighted by molar-refractivity contribution is -0.158. The summed E-state index contributed by atoms with van der Waals surface area (Å²) in [6.45, 7) is 2.32.